The highest BCUT2D eigenvalue weighted by Gasteiger charge is 2.64. The van der Waals surface area contributed by atoms with Gasteiger partial charge in [-0.3, -0.25) is 0 Å². The molecule has 0 N–H and O–H groups in total. The summed E-state index contributed by atoms with van der Waals surface area (Å²) in [6, 6.07) is 4.10. The van der Waals surface area contributed by atoms with Gasteiger partial charge in [-0.05, 0) is 6.07 Å². The zero-order chi connectivity index (χ0) is 12.6. The van der Waals surface area contributed by atoms with Crippen LogP contribution in [0.3, 0.4) is 0 Å². The maximum atomic E-state index is 13.5. The van der Waals surface area contributed by atoms with Crippen LogP contribution in [-0.2, 0) is 5.67 Å². The van der Waals surface area contributed by atoms with E-state index in [1.807, 2.05) is 0 Å². The minimum atomic E-state index is -5.68. The molecule has 0 saturated carbocycles. The summed E-state index contributed by atoms with van der Waals surface area (Å²) in [5, 5.41) is 0. The normalized spacial score (nSPS) is 16.2. The number of benzene rings is 1. The quantitative estimate of drug-likeness (QED) is 0.709. The van der Waals surface area contributed by atoms with Gasteiger partial charge in [0.05, 0.1) is 0 Å². The van der Waals surface area contributed by atoms with Crippen LogP contribution in [0.4, 0.5) is 26.3 Å². The summed E-state index contributed by atoms with van der Waals surface area (Å²) < 4.78 is 74.9. The molecule has 90 valence electrons. The van der Waals surface area contributed by atoms with Crippen molar-refractivity contribution < 1.29 is 26.3 Å². The number of rotatable bonds is 2. The second-order valence-corrected chi connectivity index (χ2v) is 3.84. The second-order valence-electron chi connectivity index (χ2n) is 2.99. The first-order valence-corrected chi connectivity index (χ1v) is 4.79. The van der Waals surface area contributed by atoms with Gasteiger partial charge in [0, 0.05) is 10.0 Å². The van der Waals surface area contributed by atoms with E-state index >= 15 is 0 Å². The summed E-state index contributed by atoms with van der Waals surface area (Å²) in [6.07, 6.45) is -9.86. The van der Waals surface area contributed by atoms with Crippen LogP contribution >= 0.6 is 15.9 Å². The lowest BCUT2D eigenvalue weighted by molar-refractivity contribution is -0.274. The van der Waals surface area contributed by atoms with Crippen molar-refractivity contribution >= 4 is 15.9 Å². The molecule has 0 aliphatic carbocycles. The predicted octanol–water partition coefficient (Wildman–Crippen LogP) is 4.44. The van der Waals surface area contributed by atoms with Crippen molar-refractivity contribution in [1.29, 1.82) is 0 Å². The topological polar surface area (TPSA) is 0 Å². The van der Waals surface area contributed by atoms with Gasteiger partial charge in [0.1, 0.15) is 0 Å². The highest BCUT2D eigenvalue weighted by molar-refractivity contribution is 9.10. The number of hydrogen-bond donors (Lipinski definition) is 0. The fraction of sp³-hybridized carbons (Fsp3) is 0.333. The van der Waals surface area contributed by atoms with Crippen LogP contribution in [0.2, 0.25) is 0 Å². The van der Waals surface area contributed by atoms with Crippen molar-refractivity contribution in [2.45, 2.75) is 18.3 Å². The average molecular weight is 307 g/mol. The van der Waals surface area contributed by atoms with Crippen molar-refractivity contribution in [2.24, 2.45) is 0 Å². The Morgan fingerprint density at radius 2 is 1.50 bits per heavy atom. The Hall–Kier alpha value is -0.720. The lowest BCUT2D eigenvalue weighted by Crippen LogP contribution is -2.44. The van der Waals surface area contributed by atoms with E-state index < -0.39 is 23.8 Å². The van der Waals surface area contributed by atoms with Gasteiger partial charge in [0.2, 0.25) is 0 Å². The van der Waals surface area contributed by atoms with Crippen molar-refractivity contribution in [3.05, 3.63) is 34.3 Å². The van der Waals surface area contributed by atoms with Crippen LogP contribution in [0, 0.1) is 0 Å². The SMILES string of the molecule is FC(F)C(F)(c1ccccc1Br)C(F)(F)F. The molecule has 1 aromatic carbocycles. The van der Waals surface area contributed by atoms with Gasteiger partial charge in [-0.15, -0.1) is 0 Å². The summed E-state index contributed by atoms with van der Waals surface area (Å²) in [5.41, 5.74) is -5.79. The molecule has 0 radical (unpaired) electrons. The van der Waals surface area contributed by atoms with Gasteiger partial charge in [-0.25, -0.2) is 13.2 Å². The predicted molar refractivity (Wildman–Crippen MR) is 49.0 cm³/mol. The van der Waals surface area contributed by atoms with Gasteiger partial charge >= 0.3 is 6.18 Å². The van der Waals surface area contributed by atoms with Crippen molar-refractivity contribution in [3.63, 3.8) is 0 Å². The molecular formula is C9H5BrF6. The number of hydrogen-bond acceptors (Lipinski definition) is 0. The molecule has 0 nitrogen and oxygen atoms in total. The summed E-state index contributed by atoms with van der Waals surface area (Å²) >= 11 is 2.62. The van der Waals surface area contributed by atoms with Crippen LogP contribution < -0.4 is 0 Å². The molecule has 1 aromatic rings. The van der Waals surface area contributed by atoms with Gasteiger partial charge in [-0.1, -0.05) is 34.1 Å². The van der Waals surface area contributed by atoms with Crippen LogP contribution in [0.25, 0.3) is 0 Å². The molecule has 0 fully saturated rings. The molecule has 0 amide bonds. The Balaban J connectivity index is 3.40. The molecule has 0 aliphatic heterocycles. The first-order chi connectivity index (χ1) is 7.21. The van der Waals surface area contributed by atoms with E-state index in [-0.39, 0.29) is 4.47 Å². The fourth-order valence-electron chi connectivity index (χ4n) is 1.15. The number of alkyl halides is 6. The van der Waals surface area contributed by atoms with E-state index in [2.05, 4.69) is 15.9 Å². The first-order valence-electron chi connectivity index (χ1n) is 4.00. The van der Waals surface area contributed by atoms with E-state index in [0.717, 1.165) is 12.1 Å². The largest absolute Gasteiger partial charge is 0.432 e. The Bertz CT molecular complexity index is 375. The summed E-state index contributed by atoms with van der Waals surface area (Å²) in [6.45, 7) is 0. The van der Waals surface area contributed by atoms with Gasteiger partial charge in [-0.2, -0.15) is 13.2 Å². The van der Waals surface area contributed by atoms with Crippen molar-refractivity contribution in [2.75, 3.05) is 0 Å². The van der Waals surface area contributed by atoms with E-state index in [4.69, 9.17) is 0 Å². The molecule has 16 heavy (non-hydrogen) atoms. The van der Waals surface area contributed by atoms with Crippen molar-refractivity contribution in [3.8, 4) is 0 Å². The molecule has 0 aliphatic rings. The lowest BCUT2D eigenvalue weighted by atomic mass is 9.95. The summed E-state index contributed by atoms with van der Waals surface area (Å²) in [5.74, 6) is 0. The third kappa shape index (κ3) is 2.05. The van der Waals surface area contributed by atoms with Crippen molar-refractivity contribution in [1.82, 2.24) is 0 Å². The molecular weight excluding hydrogens is 302 g/mol. The highest BCUT2D eigenvalue weighted by Crippen LogP contribution is 2.48. The van der Waals surface area contributed by atoms with Crippen LogP contribution in [0.15, 0.2) is 28.7 Å². The van der Waals surface area contributed by atoms with Gasteiger partial charge in [0.25, 0.3) is 12.1 Å². The molecule has 7 heteroatoms. The van der Waals surface area contributed by atoms with E-state index in [9.17, 15) is 26.3 Å². The van der Waals surface area contributed by atoms with E-state index in [1.54, 1.807) is 0 Å². The molecule has 0 bridgehead atoms. The van der Waals surface area contributed by atoms with Crippen LogP contribution in [0.5, 0.6) is 0 Å². The second kappa shape index (κ2) is 4.27. The smallest absolute Gasteiger partial charge is 0.222 e. The third-order valence-corrected chi connectivity index (χ3v) is 2.67. The summed E-state index contributed by atoms with van der Waals surface area (Å²) in [7, 11) is 0. The van der Waals surface area contributed by atoms with E-state index in [1.165, 1.54) is 6.07 Å². The van der Waals surface area contributed by atoms with E-state index in [0.29, 0.717) is 6.07 Å². The molecule has 0 spiro atoms. The standard InChI is InChI=1S/C9H5BrF6/c10-6-4-2-1-3-5(6)8(13,7(11)12)9(14,15)16/h1-4,7H. The van der Waals surface area contributed by atoms with Crippen LogP contribution in [-0.4, -0.2) is 12.6 Å². The molecule has 0 aromatic heterocycles. The minimum absolute atomic E-state index is 0.352. The molecule has 1 rings (SSSR count). The Labute approximate surface area is 95.4 Å². The third-order valence-electron chi connectivity index (χ3n) is 1.98. The maximum absolute atomic E-state index is 13.5. The Morgan fingerprint density at radius 3 is 1.88 bits per heavy atom. The molecule has 0 heterocycles. The Kier molecular flexibility index (Phi) is 3.56. The fourth-order valence-corrected chi connectivity index (χ4v) is 1.72. The first kappa shape index (κ1) is 13.3. The maximum Gasteiger partial charge on any atom is 0.432 e. The minimum Gasteiger partial charge on any atom is -0.222 e. The molecule has 0 saturated heterocycles. The highest BCUT2D eigenvalue weighted by atomic mass is 79.9. The lowest BCUT2D eigenvalue weighted by Gasteiger charge is -2.28. The van der Waals surface area contributed by atoms with Gasteiger partial charge in [0.15, 0.2) is 0 Å². The summed E-state index contributed by atoms with van der Waals surface area (Å²) in [4.78, 5) is 0. The molecule has 1 atom stereocenters. The average Bonchev–Trinajstić information content (AvgIpc) is 2.15. The van der Waals surface area contributed by atoms with Crippen LogP contribution in [0.1, 0.15) is 5.56 Å². The van der Waals surface area contributed by atoms with Gasteiger partial charge < -0.3 is 0 Å². The zero-order valence-corrected chi connectivity index (χ0v) is 9.12. The molecule has 1 unspecified atom stereocenters. The number of halogens is 7. The monoisotopic (exact) mass is 306 g/mol. The Morgan fingerprint density at radius 1 is 1.00 bits per heavy atom. The zero-order valence-electron chi connectivity index (χ0n) is 7.53.